The number of allylic oxidation sites excluding steroid dienone is 1. The molecule has 0 spiro atoms. The lowest BCUT2D eigenvalue weighted by atomic mass is 9.72. The Bertz CT molecular complexity index is 1500. The van der Waals surface area contributed by atoms with Crippen LogP contribution in [-0.2, 0) is 42.7 Å². The molecule has 0 aromatic heterocycles. The lowest BCUT2D eigenvalue weighted by molar-refractivity contribution is -0.385. The van der Waals surface area contributed by atoms with Gasteiger partial charge < -0.3 is 104 Å². The molecule has 3 saturated carbocycles. The number of carbonyl (C=O) groups is 1. The van der Waals surface area contributed by atoms with E-state index in [1.165, 1.54) is 6.08 Å². The predicted molar refractivity (Wildman–Crippen MR) is 212 cm³/mol. The van der Waals surface area contributed by atoms with Gasteiger partial charge in [0.1, 0.15) is 79.9 Å². The molecular weight excluding hydrogens is 856 g/mol. The number of carbonyl (C=O) groups excluding carboxylic acids is 1. The van der Waals surface area contributed by atoms with Gasteiger partial charge in [-0.3, -0.25) is 0 Å². The lowest BCUT2D eigenvalue weighted by Gasteiger charge is -2.49. The molecule has 368 valence electrons. The van der Waals surface area contributed by atoms with Gasteiger partial charge in [0.25, 0.3) is 0 Å². The van der Waals surface area contributed by atoms with Gasteiger partial charge in [-0.05, 0) is 57.3 Å². The first kappa shape index (κ1) is 50.3. The maximum Gasteiger partial charge on any atom is 0.330 e. The molecule has 7 aliphatic rings. The van der Waals surface area contributed by atoms with Gasteiger partial charge >= 0.3 is 5.97 Å². The standard InChI is InChI=1S/C42H68O22/c1-56-20-6-2-17(3-7-20)4-9-30(48)57-15-28-32(50)34(52)37(55)40(62-28)59-16-29-33(51)35(53)39(64-41-36(54)31(49)25(47)14-58-41)42(63-29)61-27-13-21-23(45)11-19(43)12-26(21)60-38(27)18-5-8-22(44)24(46)10-18/h4,9,17-29,31-47,49-55H,2-3,5-8,10-16H2,1H3/p+1. The fourth-order valence-electron chi connectivity index (χ4n) is 10.4. The van der Waals surface area contributed by atoms with Gasteiger partial charge in [0.15, 0.2) is 31.1 Å². The first-order valence-electron chi connectivity index (χ1n) is 22.6. The second-order valence-electron chi connectivity index (χ2n) is 18.7. The Morgan fingerprint density at radius 1 is 0.641 bits per heavy atom. The van der Waals surface area contributed by atoms with Crippen LogP contribution in [0.2, 0.25) is 0 Å². The Balaban J connectivity index is 1.05. The molecule has 0 bridgehead atoms. The lowest BCUT2D eigenvalue weighted by Crippen LogP contribution is -2.65. The molecule has 0 amide bonds. The van der Waals surface area contributed by atoms with Crippen molar-refractivity contribution in [3.63, 3.8) is 0 Å². The molecule has 0 aromatic rings. The van der Waals surface area contributed by atoms with Gasteiger partial charge in [-0.25, -0.2) is 4.79 Å². The van der Waals surface area contributed by atoms with Crippen molar-refractivity contribution in [3.05, 3.63) is 12.2 Å². The number of ether oxygens (including phenoxy) is 9. The van der Waals surface area contributed by atoms with Crippen molar-refractivity contribution in [1.29, 1.82) is 0 Å². The van der Waals surface area contributed by atoms with Crippen molar-refractivity contribution in [2.75, 3.05) is 26.9 Å². The van der Waals surface area contributed by atoms with Crippen molar-refractivity contribution in [3.8, 4) is 0 Å². The Morgan fingerprint density at radius 3 is 2.05 bits per heavy atom. The Kier molecular flexibility index (Phi) is 17.5. The summed E-state index contributed by atoms with van der Waals surface area (Å²) < 4.78 is 51.5. The summed E-state index contributed by atoms with van der Waals surface area (Å²) in [6.07, 6.45) is -21.4. The highest BCUT2D eigenvalue weighted by Crippen LogP contribution is 2.43. The molecule has 23 unspecified atom stereocenters. The van der Waals surface area contributed by atoms with Crippen LogP contribution in [0, 0.1) is 17.8 Å². The van der Waals surface area contributed by atoms with Crippen molar-refractivity contribution in [2.45, 2.75) is 199 Å². The SMILES string of the molecule is COC1CCC(C=CC(=O)OCC2OC(OCC3OC(OC4CC5C(O)CC(O)CC5[OH+]C4C4CCC(O)C(O)C4)C(OC4OCC(O)C(O)C4O)C(O)C3O)C(O)C(O)C2O)CC1. The molecule has 3 aliphatic carbocycles. The topological polar surface area (TPSA) is 346 Å². The highest BCUT2D eigenvalue weighted by molar-refractivity contribution is 5.81. The van der Waals surface area contributed by atoms with Crippen LogP contribution < -0.4 is 0 Å². The molecule has 22 heteroatoms. The van der Waals surface area contributed by atoms with Crippen LogP contribution in [0.5, 0.6) is 0 Å². The third-order valence-electron chi connectivity index (χ3n) is 14.3. The van der Waals surface area contributed by atoms with Crippen molar-refractivity contribution < 1.29 is 109 Å². The van der Waals surface area contributed by atoms with E-state index in [0.717, 1.165) is 25.7 Å². The van der Waals surface area contributed by atoms with E-state index in [2.05, 4.69) is 0 Å². The zero-order valence-electron chi connectivity index (χ0n) is 35.8. The molecule has 13 N–H and O–H groups in total. The monoisotopic (exact) mass is 925 g/mol. The maximum atomic E-state index is 12.6. The van der Waals surface area contributed by atoms with Crippen molar-refractivity contribution in [2.24, 2.45) is 17.8 Å². The number of methoxy groups -OCH3 is 1. The largest absolute Gasteiger partial charge is 0.460 e. The van der Waals surface area contributed by atoms with Crippen LogP contribution in [0.15, 0.2) is 12.2 Å². The summed E-state index contributed by atoms with van der Waals surface area (Å²) in [6, 6.07) is 0. The van der Waals surface area contributed by atoms with E-state index in [1.807, 2.05) is 0 Å². The van der Waals surface area contributed by atoms with E-state index < -0.39 is 160 Å². The quantitative estimate of drug-likeness (QED) is 0.0468. The van der Waals surface area contributed by atoms with Crippen LogP contribution in [0.1, 0.15) is 64.2 Å². The molecule has 7 rings (SSSR count). The second-order valence-corrected chi connectivity index (χ2v) is 18.7. The van der Waals surface area contributed by atoms with E-state index in [0.29, 0.717) is 6.42 Å². The summed E-state index contributed by atoms with van der Waals surface area (Å²) in [7, 11) is 1.67. The van der Waals surface area contributed by atoms with E-state index >= 15 is 0 Å². The highest BCUT2D eigenvalue weighted by Gasteiger charge is 2.56. The smallest absolute Gasteiger partial charge is 0.330 e. The minimum atomic E-state index is -1.89. The molecule has 0 radical (unpaired) electrons. The predicted octanol–water partition coefficient (Wildman–Crippen LogP) is -4.91. The summed E-state index contributed by atoms with van der Waals surface area (Å²) in [5.41, 5.74) is 0. The molecule has 4 heterocycles. The third-order valence-corrected chi connectivity index (χ3v) is 14.3. The summed E-state index contributed by atoms with van der Waals surface area (Å²) in [5, 5.41) is 129. The molecule has 23 atom stereocenters. The minimum Gasteiger partial charge on any atom is -0.460 e. The van der Waals surface area contributed by atoms with Gasteiger partial charge in [0.2, 0.25) is 0 Å². The zero-order valence-corrected chi connectivity index (χ0v) is 35.8. The average molecular weight is 926 g/mol. The minimum absolute atomic E-state index is 0.0983. The summed E-state index contributed by atoms with van der Waals surface area (Å²) in [4.78, 5) is 12.6. The first-order valence-corrected chi connectivity index (χ1v) is 22.6. The van der Waals surface area contributed by atoms with E-state index in [9.17, 15) is 66.1 Å². The average Bonchev–Trinajstić information content (AvgIpc) is 3.28. The number of aliphatic hydroxyl groups is 14. The number of hydrogen-bond donors (Lipinski definition) is 12. The van der Waals surface area contributed by atoms with E-state index in [1.54, 1.807) is 13.2 Å². The van der Waals surface area contributed by atoms with E-state index in [4.69, 9.17) is 42.6 Å². The summed E-state index contributed by atoms with van der Waals surface area (Å²) in [6.45, 7) is -1.63. The first-order chi connectivity index (χ1) is 30.5. The molecule has 64 heavy (non-hydrogen) atoms. The Morgan fingerprint density at radius 2 is 1.33 bits per heavy atom. The van der Waals surface area contributed by atoms with Crippen LogP contribution in [0.3, 0.4) is 0 Å². The van der Waals surface area contributed by atoms with Crippen molar-refractivity contribution in [1.82, 2.24) is 0 Å². The van der Waals surface area contributed by atoms with Gasteiger partial charge in [-0.2, -0.15) is 0 Å². The molecule has 22 nitrogen and oxygen atoms in total. The summed E-state index contributed by atoms with van der Waals surface area (Å²) >= 11 is 0. The van der Waals surface area contributed by atoms with Gasteiger partial charge in [-0.1, -0.05) is 6.08 Å². The molecule has 4 aliphatic heterocycles. The number of esters is 1. The van der Waals surface area contributed by atoms with Crippen molar-refractivity contribution >= 4 is 5.97 Å². The highest BCUT2D eigenvalue weighted by atomic mass is 16.8. The number of hydrogen-bond acceptors (Lipinski definition) is 21. The number of rotatable bonds is 13. The van der Waals surface area contributed by atoms with Gasteiger partial charge in [-0.15, -0.1) is 0 Å². The Labute approximate surface area is 370 Å². The van der Waals surface area contributed by atoms with Crippen LogP contribution in [0.4, 0.5) is 0 Å². The summed E-state index contributed by atoms with van der Waals surface area (Å²) in [5.74, 6) is -1.37. The van der Waals surface area contributed by atoms with E-state index in [-0.39, 0.29) is 50.0 Å². The number of aliphatic hydroxyl groups excluding tert-OH is 12. The fraction of sp³-hybridized carbons (Fsp3) is 0.929. The van der Waals surface area contributed by atoms with Crippen LogP contribution >= 0.6 is 0 Å². The second kappa shape index (κ2) is 22.2. The molecular formula is C42H69O22+. The van der Waals surface area contributed by atoms with Gasteiger partial charge in [0, 0.05) is 31.9 Å². The maximum absolute atomic E-state index is 12.6. The van der Waals surface area contributed by atoms with Gasteiger partial charge in [0.05, 0.1) is 49.7 Å². The number of fused-ring (bicyclic) bond motifs is 1. The Hall–Kier alpha value is -1.59. The molecule has 0 aromatic carbocycles. The third kappa shape index (κ3) is 11.6. The molecule has 7 fully saturated rings. The fourth-order valence-corrected chi connectivity index (χ4v) is 10.4. The zero-order chi connectivity index (χ0) is 46.0. The normalized spacial score (nSPS) is 50.5. The van der Waals surface area contributed by atoms with Crippen LogP contribution in [0.25, 0.3) is 0 Å². The molecule has 4 saturated heterocycles. The van der Waals surface area contributed by atoms with Crippen LogP contribution in [-0.4, -0.2) is 234 Å².